The van der Waals surface area contributed by atoms with Gasteiger partial charge < -0.3 is 22.1 Å². The second-order valence-electron chi connectivity index (χ2n) is 7.74. The van der Waals surface area contributed by atoms with Gasteiger partial charge in [-0.15, -0.1) is 0 Å². The van der Waals surface area contributed by atoms with Crippen molar-refractivity contribution in [2.45, 2.75) is 26.3 Å². The molecule has 0 aliphatic rings. The van der Waals surface area contributed by atoms with Crippen LogP contribution in [0.2, 0.25) is 0 Å². The number of primary amides is 1. The Labute approximate surface area is 181 Å². The maximum atomic E-state index is 14.6. The minimum Gasteiger partial charge on any atom is -0.365 e. The van der Waals surface area contributed by atoms with Gasteiger partial charge >= 0.3 is 0 Å². The van der Waals surface area contributed by atoms with Crippen LogP contribution in [-0.4, -0.2) is 28.5 Å². The third-order valence-electron chi connectivity index (χ3n) is 4.73. The smallest absolute Gasteiger partial charge is 0.252 e. The maximum absolute atomic E-state index is 14.6. The van der Waals surface area contributed by atoms with Gasteiger partial charge in [-0.1, -0.05) is 44.2 Å². The van der Waals surface area contributed by atoms with Crippen molar-refractivity contribution in [2.75, 3.05) is 17.2 Å². The third kappa shape index (κ3) is 5.76. The highest BCUT2D eigenvalue weighted by molar-refractivity contribution is 5.98. The van der Waals surface area contributed by atoms with Gasteiger partial charge in [0.1, 0.15) is 5.82 Å². The van der Waals surface area contributed by atoms with Crippen molar-refractivity contribution < 1.29 is 9.18 Å². The topological polar surface area (TPSA) is 119 Å². The van der Waals surface area contributed by atoms with E-state index in [-0.39, 0.29) is 23.2 Å². The SMILES string of the molecule is CC(C)C[C@H](CN)Nc1nc(Nc2cncc(-c3ccccc3)c2)c(C(N)=O)cc1F. The zero-order valence-electron chi connectivity index (χ0n) is 17.6. The predicted octanol–water partition coefficient (Wildman–Crippen LogP) is 3.91. The van der Waals surface area contributed by atoms with E-state index < -0.39 is 11.7 Å². The molecule has 8 heteroatoms. The molecule has 7 nitrogen and oxygen atoms in total. The summed E-state index contributed by atoms with van der Waals surface area (Å²) in [5.74, 6) is -0.930. The fraction of sp³-hybridized carbons (Fsp3) is 0.261. The number of carbonyl (C=O) groups excluding carboxylic acids is 1. The summed E-state index contributed by atoms with van der Waals surface area (Å²) in [5.41, 5.74) is 13.7. The van der Waals surface area contributed by atoms with Crippen LogP contribution in [0.5, 0.6) is 0 Å². The first-order valence-corrected chi connectivity index (χ1v) is 10.1. The molecule has 0 unspecified atom stereocenters. The van der Waals surface area contributed by atoms with Crippen LogP contribution in [-0.2, 0) is 0 Å². The van der Waals surface area contributed by atoms with Crippen molar-refractivity contribution in [1.82, 2.24) is 9.97 Å². The Morgan fingerprint density at radius 3 is 2.48 bits per heavy atom. The number of halogens is 1. The van der Waals surface area contributed by atoms with Gasteiger partial charge in [0.2, 0.25) is 0 Å². The Kier molecular flexibility index (Phi) is 7.15. The van der Waals surface area contributed by atoms with Crippen molar-refractivity contribution >= 4 is 23.2 Å². The number of nitrogens with zero attached hydrogens (tertiary/aromatic N) is 2. The predicted molar refractivity (Wildman–Crippen MR) is 122 cm³/mol. The lowest BCUT2D eigenvalue weighted by atomic mass is 10.0. The summed E-state index contributed by atoms with van der Waals surface area (Å²) in [6.45, 7) is 4.44. The molecule has 0 spiro atoms. The minimum absolute atomic E-state index is 0.00998. The number of aromatic nitrogens is 2. The van der Waals surface area contributed by atoms with Gasteiger partial charge in [-0.25, -0.2) is 9.37 Å². The van der Waals surface area contributed by atoms with E-state index in [2.05, 4.69) is 34.4 Å². The zero-order chi connectivity index (χ0) is 22.4. The number of amides is 1. The lowest BCUT2D eigenvalue weighted by Crippen LogP contribution is -2.31. The molecule has 3 aromatic rings. The molecule has 0 radical (unpaired) electrons. The Balaban J connectivity index is 1.93. The quantitative estimate of drug-likeness (QED) is 0.415. The molecule has 31 heavy (non-hydrogen) atoms. The van der Waals surface area contributed by atoms with Crippen LogP contribution < -0.4 is 22.1 Å². The number of anilines is 3. The highest BCUT2D eigenvalue weighted by atomic mass is 19.1. The number of hydrogen-bond acceptors (Lipinski definition) is 6. The van der Waals surface area contributed by atoms with Crippen molar-refractivity contribution in [2.24, 2.45) is 17.4 Å². The van der Waals surface area contributed by atoms with E-state index in [4.69, 9.17) is 11.5 Å². The van der Waals surface area contributed by atoms with Crippen LogP contribution in [0.15, 0.2) is 54.9 Å². The van der Waals surface area contributed by atoms with E-state index in [0.29, 0.717) is 18.2 Å². The van der Waals surface area contributed by atoms with Crippen LogP contribution in [0.25, 0.3) is 11.1 Å². The third-order valence-corrected chi connectivity index (χ3v) is 4.73. The summed E-state index contributed by atoms with van der Waals surface area (Å²) in [4.78, 5) is 20.5. The largest absolute Gasteiger partial charge is 0.365 e. The van der Waals surface area contributed by atoms with Gasteiger partial charge in [-0.05, 0) is 30.0 Å². The number of nitrogens with one attached hydrogen (secondary N) is 2. The monoisotopic (exact) mass is 422 g/mol. The second-order valence-corrected chi connectivity index (χ2v) is 7.74. The lowest BCUT2D eigenvalue weighted by Gasteiger charge is -2.21. The van der Waals surface area contributed by atoms with E-state index in [1.165, 1.54) is 0 Å². The Morgan fingerprint density at radius 2 is 1.84 bits per heavy atom. The molecule has 0 saturated heterocycles. The Morgan fingerprint density at radius 1 is 1.10 bits per heavy atom. The molecular formula is C23H27FN6O. The van der Waals surface area contributed by atoms with Crippen LogP contribution in [0.3, 0.4) is 0 Å². The standard InChI is InChI=1S/C23H27FN6O/c1-14(2)8-17(11-25)28-23-20(24)10-19(21(26)31)22(30-23)29-18-9-16(12-27-13-18)15-6-4-3-5-7-15/h3-7,9-10,12-14,17H,8,11,25H2,1-2H3,(H2,26,31)(H2,28,29,30)/t17-/m1/s1. The first kappa shape index (κ1) is 22.2. The summed E-state index contributed by atoms with van der Waals surface area (Å²) in [5, 5.41) is 6.09. The molecule has 2 aromatic heterocycles. The van der Waals surface area contributed by atoms with E-state index in [1.807, 2.05) is 36.4 Å². The van der Waals surface area contributed by atoms with Gasteiger partial charge in [0, 0.05) is 24.3 Å². The Hall–Kier alpha value is -3.52. The molecule has 2 heterocycles. The number of benzene rings is 1. The van der Waals surface area contributed by atoms with Crippen LogP contribution in [0, 0.1) is 11.7 Å². The number of hydrogen-bond donors (Lipinski definition) is 4. The number of nitrogens with two attached hydrogens (primary N) is 2. The van der Waals surface area contributed by atoms with Gasteiger partial charge in [-0.2, -0.15) is 0 Å². The number of carbonyl (C=O) groups is 1. The van der Waals surface area contributed by atoms with Gasteiger partial charge in [0.25, 0.3) is 5.91 Å². The fourth-order valence-corrected chi connectivity index (χ4v) is 3.28. The maximum Gasteiger partial charge on any atom is 0.252 e. The number of pyridine rings is 2. The fourth-order valence-electron chi connectivity index (χ4n) is 3.28. The molecular weight excluding hydrogens is 395 g/mol. The molecule has 0 aliphatic carbocycles. The van der Waals surface area contributed by atoms with E-state index in [0.717, 1.165) is 23.6 Å². The molecule has 6 N–H and O–H groups in total. The van der Waals surface area contributed by atoms with Crippen LogP contribution in [0.1, 0.15) is 30.6 Å². The number of rotatable bonds is 9. The summed E-state index contributed by atoms with van der Waals surface area (Å²) in [7, 11) is 0. The van der Waals surface area contributed by atoms with Gasteiger partial charge in [-0.3, -0.25) is 9.78 Å². The lowest BCUT2D eigenvalue weighted by molar-refractivity contribution is 0.100. The van der Waals surface area contributed by atoms with Crippen molar-refractivity contribution in [3.05, 3.63) is 66.2 Å². The van der Waals surface area contributed by atoms with Gasteiger partial charge in [0.15, 0.2) is 11.6 Å². The van der Waals surface area contributed by atoms with Crippen LogP contribution in [0.4, 0.5) is 21.7 Å². The molecule has 0 fully saturated rings. The molecule has 0 bridgehead atoms. The van der Waals surface area contributed by atoms with E-state index in [9.17, 15) is 9.18 Å². The first-order chi connectivity index (χ1) is 14.9. The average molecular weight is 423 g/mol. The van der Waals surface area contributed by atoms with Crippen molar-refractivity contribution in [3.8, 4) is 11.1 Å². The molecule has 0 saturated carbocycles. The summed E-state index contributed by atoms with van der Waals surface area (Å²) in [6.07, 6.45) is 4.08. The van der Waals surface area contributed by atoms with E-state index in [1.54, 1.807) is 12.4 Å². The first-order valence-electron chi connectivity index (χ1n) is 10.1. The molecule has 1 atom stereocenters. The highest BCUT2D eigenvalue weighted by Crippen LogP contribution is 2.27. The Bertz CT molecular complexity index is 1040. The zero-order valence-corrected chi connectivity index (χ0v) is 17.6. The molecule has 0 aliphatic heterocycles. The molecule has 3 rings (SSSR count). The van der Waals surface area contributed by atoms with E-state index >= 15 is 0 Å². The summed E-state index contributed by atoms with van der Waals surface area (Å²) in [6, 6.07) is 12.5. The van der Waals surface area contributed by atoms with Crippen LogP contribution >= 0.6 is 0 Å². The molecule has 1 aromatic carbocycles. The summed E-state index contributed by atoms with van der Waals surface area (Å²) >= 11 is 0. The molecule has 1 amide bonds. The second kappa shape index (κ2) is 9.99. The van der Waals surface area contributed by atoms with Gasteiger partial charge in [0.05, 0.1) is 17.4 Å². The summed E-state index contributed by atoms with van der Waals surface area (Å²) < 4.78 is 14.6. The normalized spacial score (nSPS) is 11.9. The minimum atomic E-state index is -0.787. The van der Waals surface area contributed by atoms with Crippen molar-refractivity contribution in [1.29, 1.82) is 0 Å². The average Bonchev–Trinajstić information content (AvgIpc) is 2.75. The van der Waals surface area contributed by atoms with Crippen molar-refractivity contribution in [3.63, 3.8) is 0 Å². The molecule has 162 valence electrons. The highest BCUT2D eigenvalue weighted by Gasteiger charge is 2.19.